The normalized spacial score (nSPS) is 14.4. The third kappa shape index (κ3) is 4.42. The monoisotopic (exact) mass is 525 g/mol. The highest BCUT2D eigenvalue weighted by atomic mass is 79.9. The van der Waals surface area contributed by atoms with Crippen LogP contribution in [0.5, 0.6) is 5.75 Å². The lowest BCUT2D eigenvalue weighted by atomic mass is 10.1. The molecular formula is C23H13Br2NO4. The van der Waals surface area contributed by atoms with E-state index < -0.39 is 11.9 Å². The molecule has 148 valence electrons. The minimum atomic E-state index is -0.578. The van der Waals surface area contributed by atoms with Gasteiger partial charge in [-0.2, -0.15) is 0 Å². The van der Waals surface area contributed by atoms with Gasteiger partial charge in [0.1, 0.15) is 0 Å². The molecule has 30 heavy (non-hydrogen) atoms. The summed E-state index contributed by atoms with van der Waals surface area (Å²) in [5.41, 5.74) is 1.71. The van der Waals surface area contributed by atoms with Gasteiger partial charge in [-0.15, -0.1) is 0 Å². The fourth-order valence-electron chi connectivity index (χ4n) is 2.78. The highest BCUT2D eigenvalue weighted by molar-refractivity contribution is 9.11. The van der Waals surface area contributed by atoms with Gasteiger partial charge in [-0.25, -0.2) is 14.6 Å². The van der Waals surface area contributed by atoms with Crippen molar-refractivity contribution in [1.82, 2.24) is 0 Å². The van der Waals surface area contributed by atoms with E-state index in [1.165, 1.54) is 6.08 Å². The van der Waals surface area contributed by atoms with Gasteiger partial charge in [0.15, 0.2) is 11.4 Å². The van der Waals surface area contributed by atoms with Crippen molar-refractivity contribution in [3.8, 4) is 5.75 Å². The van der Waals surface area contributed by atoms with Crippen LogP contribution in [-0.4, -0.2) is 17.8 Å². The molecule has 0 N–H and O–H groups in total. The van der Waals surface area contributed by atoms with Crippen LogP contribution in [0.1, 0.15) is 21.5 Å². The number of hydrogen-bond acceptors (Lipinski definition) is 5. The number of ether oxygens (including phenoxy) is 2. The SMILES string of the molecule is O=C1OC(c2ccccc2)=N/C1=C\c1cc(Br)cc(Br)c1OC(=O)c1ccccc1. The van der Waals surface area contributed by atoms with Gasteiger partial charge in [0.25, 0.3) is 0 Å². The van der Waals surface area contributed by atoms with Crippen molar-refractivity contribution in [1.29, 1.82) is 0 Å². The van der Waals surface area contributed by atoms with E-state index in [1.807, 2.05) is 24.3 Å². The van der Waals surface area contributed by atoms with E-state index in [1.54, 1.807) is 48.5 Å². The Morgan fingerprint density at radius 1 is 0.967 bits per heavy atom. The van der Waals surface area contributed by atoms with Crippen LogP contribution in [0.2, 0.25) is 0 Å². The first-order valence-electron chi connectivity index (χ1n) is 8.85. The molecule has 3 aromatic carbocycles. The van der Waals surface area contributed by atoms with Gasteiger partial charge in [0.05, 0.1) is 10.0 Å². The summed E-state index contributed by atoms with van der Waals surface area (Å²) < 4.78 is 12.2. The highest BCUT2D eigenvalue weighted by Gasteiger charge is 2.25. The largest absolute Gasteiger partial charge is 0.421 e. The molecule has 1 heterocycles. The first-order chi connectivity index (χ1) is 14.5. The van der Waals surface area contributed by atoms with E-state index in [2.05, 4.69) is 36.9 Å². The summed E-state index contributed by atoms with van der Waals surface area (Å²) in [5.74, 6) is -0.592. The number of esters is 2. The summed E-state index contributed by atoms with van der Waals surface area (Å²) in [6, 6.07) is 21.3. The molecule has 5 nitrogen and oxygen atoms in total. The fraction of sp³-hybridized carbons (Fsp3) is 0. The van der Waals surface area contributed by atoms with E-state index in [4.69, 9.17) is 9.47 Å². The van der Waals surface area contributed by atoms with Crippen molar-refractivity contribution in [2.75, 3.05) is 0 Å². The van der Waals surface area contributed by atoms with E-state index in [-0.39, 0.29) is 17.3 Å². The lowest BCUT2D eigenvalue weighted by Crippen LogP contribution is -2.10. The molecule has 0 aliphatic carbocycles. The average Bonchev–Trinajstić information content (AvgIpc) is 3.12. The number of carbonyl (C=O) groups is 2. The number of nitrogens with zero attached hydrogens (tertiary/aromatic N) is 1. The molecule has 0 amide bonds. The summed E-state index contributed by atoms with van der Waals surface area (Å²) in [7, 11) is 0. The van der Waals surface area contributed by atoms with Crippen LogP contribution in [-0.2, 0) is 9.53 Å². The molecule has 0 radical (unpaired) electrons. The molecule has 7 heteroatoms. The van der Waals surface area contributed by atoms with Gasteiger partial charge in [0.2, 0.25) is 5.90 Å². The summed E-state index contributed by atoms with van der Waals surface area (Å²) in [6.45, 7) is 0. The minimum absolute atomic E-state index is 0.107. The number of benzene rings is 3. The Bertz CT molecular complexity index is 1190. The highest BCUT2D eigenvalue weighted by Crippen LogP contribution is 2.35. The Hall–Kier alpha value is -3.03. The average molecular weight is 527 g/mol. The maximum Gasteiger partial charge on any atom is 0.363 e. The van der Waals surface area contributed by atoms with E-state index in [0.717, 1.165) is 4.47 Å². The van der Waals surface area contributed by atoms with Gasteiger partial charge >= 0.3 is 11.9 Å². The molecular weight excluding hydrogens is 514 g/mol. The Kier molecular flexibility index (Phi) is 5.92. The zero-order valence-electron chi connectivity index (χ0n) is 15.3. The molecule has 1 aliphatic rings. The second-order valence-electron chi connectivity index (χ2n) is 6.26. The molecule has 0 unspecified atom stereocenters. The Labute approximate surface area is 189 Å². The molecule has 0 saturated carbocycles. The number of hydrogen-bond donors (Lipinski definition) is 0. The smallest absolute Gasteiger partial charge is 0.363 e. The van der Waals surface area contributed by atoms with E-state index >= 15 is 0 Å². The zero-order chi connectivity index (χ0) is 21.1. The van der Waals surface area contributed by atoms with E-state index in [9.17, 15) is 9.59 Å². The fourth-order valence-corrected chi connectivity index (χ4v) is 4.12. The van der Waals surface area contributed by atoms with Crippen LogP contribution in [0.25, 0.3) is 6.08 Å². The quantitative estimate of drug-likeness (QED) is 0.246. The maximum absolute atomic E-state index is 12.5. The molecule has 0 saturated heterocycles. The summed E-state index contributed by atoms with van der Waals surface area (Å²) in [5, 5.41) is 0. The number of halogens is 2. The first-order valence-corrected chi connectivity index (χ1v) is 10.4. The number of rotatable bonds is 4. The number of cyclic esters (lactones) is 1. The third-order valence-electron chi connectivity index (χ3n) is 4.17. The van der Waals surface area contributed by atoms with Crippen LogP contribution in [0.3, 0.4) is 0 Å². The third-order valence-corrected chi connectivity index (χ3v) is 5.22. The van der Waals surface area contributed by atoms with Gasteiger partial charge in [-0.05, 0) is 58.4 Å². The van der Waals surface area contributed by atoms with Crippen molar-refractivity contribution in [2.24, 2.45) is 4.99 Å². The van der Waals surface area contributed by atoms with Crippen molar-refractivity contribution < 1.29 is 19.1 Å². The predicted molar refractivity (Wildman–Crippen MR) is 120 cm³/mol. The summed E-state index contributed by atoms with van der Waals surface area (Å²) in [4.78, 5) is 29.2. The van der Waals surface area contributed by atoms with Crippen molar-refractivity contribution in [3.05, 3.63) is 104 Å². The molecule has 0 fully saturated rings. The molecule has 4 rings (SSSR count). The molecule has 1 aliphatic heterocycles. The van der Waals surface area contributed by atoms with Crippen molar-refractivity contribution in [3.63, 3.8) is 0 Å². The van der Waals surface area contributed by atoms with E-state index in [0.29, 0.717) is 21.2 Å². The van der Waals surface area contributed by atoms with Crippen LogP contribution in [0.4, 0.5) is 0 Å². The standard InChI is InChI=1S/C23H13Br2NO4/c24-17-11-16(12-19-23(28)30-21(26-19)14-7-3-1-4-8-14)20(18(25)13-17)29-22(27)15-9-5-2-6-10-15/h1-13H/b19-12-. The minimum Gasteiger partial charge on any atom is -0.421 e. The maximum atomic E-state index is 12.5. The lowest BCUT2D eigenvalue weighted by Gasteiger charge is -2.11. The zero-order valence-corrected chi connectivity index (χ0v) is 18.5. The molecule has 0 bridgehead atoms. The van der Waals surface area contributed by atoms with Gasteiger partial charge < -0.3 is 9.47 Å². The molecule has 0 aromatic heterocycles. The second-order valence-corrected chi connectivity index (χ2v) is 8.03. The van der Waals surface area contributed by atoms with Crippen molar-refractivity contribution in [2.45, 2.75) is 0 Å². The Balaban J connectivity index is 1.71. The molecule has 0 atom stereocenters. The van der Waals surface area contributed by atoms with Crippen molar-refractivity contribution >= 4 is 55.8 Å². The van der Waals surface area contributed by atoms with Crippen LogP contribution >= 0.6 is 31.9 Å². The number of carbonyl (C=O) groups excluding carboxylic acids is 2. The predicted octanol–water partition coefficient (Wildman–Crippen LogP) is 5.78. The number of aliphatic imine (C=N–C) groups is 1. The van der Waals surface area contributed by atoms with Crippen LogP contribution < -0.4 is 4.74 Å². The van der Waals surface area contributed by atoms with Gasteiger partial charge in [0, 0.05) is 15.6 Å². The Morgan fingerprint density at radius 3 is 2.33 bits per heavy atom. The lowest BCUT2D eigenvalue weighted by molar-refractivity contribution is -0.129. The first kappa shape index (κ1) is 20.3. The topological polar surface area (TPSA) is 65.0 Å². The Morgan fingerprint density at radius 2 is 1.63 bits per heavy atom. The van der Waals surface area contributed by atoms with Crippen LogP contribution in [0.15, 0.2) is 92.4 Å². The second kappa shape index (κ2) is 8.77. The van der Waals surface area contributed by atoms with Gasteiger partial charge in [-0.1, -0.05) is 52.3 Å². The summed E-state index contributed by atoms with van der Waals surface area (Å²) >= 11 is 6.84. The molecule has 0 spiro atoms. The molecule has 3 aromatic rings. The van der Waals surface area contributed by atoms with Crippen LogP contribution in [0, 0.1) is 0 Å². The summed E-state index contributed by atoms with van der Waals surface area (Å²) in [6.07, 6.45) is 1.53. The van der Waals surface area contributed by atoms with Gasteiger partial charge in [-0.3, -0.25) is 0 Å².